The van der Waals surface area contributed by atoms with E-state index < -0.39 is 0 Å². The first-order valence-corrected chi connectivity index (χ1v) is 27.6. The lowest BCUT2D eigenvalue weighted by Crippen LogP contribution is -2.64. The number of hydrogen-bond donors (Lipinski definition) is 0. The van der Waals surface area contributed by atoms with Gasteiger partial charge in [0.05, 0.1) is 11.7 Å². The zero-order valence-corrected chi connectivity index (χ0v) is 44.6. The number of aryl methyl sites for hydroxylation is 1. The van der Waals surface area contributed by atoms with Gasteiger partial charge >= 0.3 is 0 Å². The standard InChI is InChI=1S/C68H59BN2S2/c1-43-35-60-65-61(36-43)71(64-30-24-53(67(5,6)7)42-68(64,8)51-17-13-10-14-18-51)59-26-20-48(46-22-29-63-50(38-46)32-34-73-63)40-56(59)69(65)55-39-47(45-21-28-62-49(37-45)31-33-72-62)19-25-58(55)70(60)57-27-23-52(66(2,3)4)41-54(57)44-15-11-9-12-16-44/h9-42,64H,1-8H3. The molecule has 3 aliphatic rings. The van der Waals surface area contributed by atoms with Crippen molar-refractivity contribution in [2.24, 2.45) is 5.41 Å². The van der Waals surface area contributed by atoms with Crippen molar-refractivity contribution in [2.75, 3.05) is 9.80 Å². The summed E-state index contributed by atoms with van der Waals surface area (Å²) in [6.45, 7) is 18.7. The smallest absolute Gasteiger partial charge is 0.252 e. The van der Waals surface area contributed by atoms with E-state index in [0.29, 0.717) is 0 Å². The maximum Gasteiger partial charge on any atom is 0.252 e. The second-order valence-corrected chi connectivity index (χ2v) is 24.8. The zero-order chi connectivity index (χ0) is 50.0. The first-order valence-electron chi connectivity index (χ1n) is 25.9. The van der Waals surface area contributed by atoms with Gasteiger partial charge in [0.25, 0.3) is 6.71 Å². The van der Waals surface area contributed by atoms with Gasteiger partial charge in [-0.2, -0.15) is 0 Å². The molecule has 73 heavy (non-hydrogen) atoms. The fourth-order valence-electron chi connectivity index (χ4n) is 12.2. The second kappa shape index (κ2) is 16.9. The van der Waals surface area contributed by atoms with Gasteiger partial charge in [0.1, 0.15) is 0 Å². The van der Waals surface area contributed by atoms with Crippen LogP contribution in [0.5, 0.6) is 0 Å². The monoisotopic (exact) mass is 978 g/mol. The molecule has 13 rings (SSSR count). The average molecular weight is 979 g/mol. The van der Waals surface area contributed by atoms with E-state index in [2.05, 4.69) is 270 Å². The van der Waals surface area contributed by atoms with E-state index in [1.54, 1.807) is 22.7 Å². The molecule has 2 aliphatic heterocycles. The van der Waals surface area contributed by atoms with Crippen LogP contribution in [0.15, 0.2) is 210 Å². The van der Waals surface area contributed by atoms with Crippen molar-refractivity contribution in [3.05, 3.63) is 227 Å². The highest BCUT2D eigenvalue weighted by molar-refractivity contribution is 7.17. The molecule has 0 saturated carbocycles. The molecule has 1 aliphatic carbocycles. The lowest BCUT2D eigenvalue weighted by molar-refractivity contribution is 0.463. The molecule has 0 N–H and O–H groups in total. The van der Waals surface area contributed by atoms with Gasteiger partial charge in [-0.3, -0.25) is 0 Å². The molecule has 10 aromatic rings. The van der Waals surface area contributed by atoms with Crippen molar-refractivity contribution >= 4 is 94.4 Å². The van der Waals surface area contributed by atoms with Crippen LogP contribution in [-0.4, -0.2) is 12.8 Å². The fraction of sp³-hybridized carbons (Fsp3) is 0.176. The third-order valence-corrected chi connectivity index (χ3v) is 17.9. The number of benzene rings is 8. The molecule has 4 heterocycles. The van der Waals surface area contributed by atoms with Crippen molar-refractivity contribution in [2.45, 2.75) is 72.3 Å². The third-order valence-electron chi connectivity index (χ3n) is 16.1. The fourth-order valence-corrected chi connectivity index (χ4v) is 13.7. The van der Waals surface area contributed by atoms with E-state index in [9.17, 15) is 0 Å². The summed E-state index contributed by atoms with van der Waals surface area (Å²) in [5, 5.41) is 6.99. The number of thiophene rings is 2. The predicted molar refractivity (Wildman–Crippen MR) is 319 cm³/mol. The van der Waals surface area contributed by atoms with Crippen LogP contribution < -0.4 is 26.2 Å². The molecule has 2 aromatic heterocycles. The van der Waals surface area contributed by atoms with Crippen LogP contribution in [-0.2, 0) is 10.8 Å². The Morgan fingerprint density at radius 2 is 1.07 bits per heavy atom. The van der Waals surface area contributed by atoms with E-state index >= 15 is 0 Å². The first-order chi connectivity index (χ1) is 35.2. The Labute approximate surface area is 439 Å². The van der Waals surface area contributed by atoms with Crippen molar-refractivity contribution in [3.63, 3.8) is 0 Å². The summed E-state index contributed by atoms with van der Waals surface area (Å²) >= 11 is 3.61. The number of rotatable bonds is 6. The molecule has 2 nitrogen and oxygen atoms in total. The Kier molecular flexibility index (Phi) is 10.6. The highest BCUT2D eigenvalue weighted by Crippen LogP contribution is 2.51. The lowest BCUT2D eigenvalue weighted by Gasteiger charge is -2.51. The molecule has 2 atom stereocenters. The Morgan fingerprint density at radius 3 is 1.70 bits per heavy atom. The van der Waals surface area contributed by atoms with Crippen LogP contribution in [0.25, 0.3) is 53.6 Å². The molecule has 0 amide bonds. The van der Waals surface area contributed by atoms with Crippen molar-refractivity contribution in [1.29, 1.82) is 0 Å². The number of allylic oxidation sites excluding steroid dienone is 2. The average Bonchev–Trinajstić information content (AvgIpc) is 4.09. The van der Waals surface area contributed by atoms with E-state index in [-0.39, 0.29) is 29.0 Å². The number of anilines is 5. The van der Waals surface area contributed by atoms with Gasteiger partial charge in [-0.05, 0) is 185 Å². The number of nitrogens with zero attached hydrogens (tertiary/aromatic N) is 2. The van der Waals surface area contributed by atoms with E-state index in [0.717, 1.165) is 0 Å². The summed E-state index contributed by atoms with van der Waals surface area (Å²) in [7, 11) is 0. The topological polar surface area (TPSA) is 6.48 Å². The van der Waals surface area contributed by atoms with E-state index in [4.69, 9.17) is 0 Å². The second-order valence-electron chi connectivity index (χ2n) is 22.9. The highest BCUT2D eigenvalue weighted by Gasteiger charge is 2.49. The maximum absolute atomic E-state index is 2.74. The Bertz CT molecular complexity index is 3880. The summed E-state index contributed by atoms with van der Waals surface area (Å²) in [6.07, 6.45) is 7.54. The zero-order valence-electron chi connectivity index (χ0n) is 43.0. The molecule has 2 unspecified atom stereocenters. The molecule has 356 valence electrons. The normalized spacial score (nSPS) is 17.2. The van der Waals surface area contributed by atoms with Crippen molar-refractivity contribution in [3.8, 4) is 33.4 Å². The van der Waals surface area contributed by atoms with Gasteiger partial charge in [0, 0.05) is 43.1 Å². The summed E-state index contributed by atoms with van der Waals surface area (Å²) in [5.41, 5.74) is 22.2. The SMILES string of the molecule is Cc1cc2c3c(c1)N(C1C=CC(C(C)(C)C)=CC1(C)c1ccccc1)c1ccc(-c4ccc5sccc5c4)cc1B3c1cc(-c3ccc4sccc4c3)ccc1N2c1ccc(C(C)(C)C)cc1-c1ccccc1. The van der Waals surface area contributed by atoms with Crippen LogP contribution in [0.2, 0.25) is 0 Å². The summed E-state index contributed by atoms with van der Waals surface area (Å²) in [5.74, 6) is 0. The molecule has 0 radical (unpaired) electrons. The quantitative estimate of drug-likeness (QED) is 0.153. The summed E-state index contributed by atoms with van der Waals surface area (Å²) in [6, 6.07) is 67.7. The Balaban J connectivity index is 1.13. The van der Waals surface area contributed by atoms with Crippen LogP contribution in [0.4, 0.5) is 28.4 Å². The van der Waals surface area contributed by atoms with Crippen LogP contribution >= 0.6 is 22.7 Å². The van der Waals surface area contributed by atoms with E-state index in [1.165, 1.54) is 121 Å². The first kappa shape index (κ1) is 45.7. The van der Waals surface area contributed by atoms with E-state index in [1.807, 2.05) is 0 Å². The van der Waals surface area contributed by atoms with Crippen molar-refractivity contribution in [1.82, 2.24) is 0 Å². The van der Waals surface area contributed by atoms with Crippen LogP contribution in [0.3, 0.4) is 0 Å². The third kappa shape index (κ3) is 7.57. The van der Waals surface area contributed by atoms with Crippen LogP contribution in [0, 0.1) is 12.3 Å². The number of fused-ring (bicyclic) bond motifs is 6. The van der Waals surface area contributed by atoms with Gasteiger partial charge in [0.2, 0.25) is 0 Å². The molecule has 0 bridgehead atoms. The minimum Gasteiger partial charge on any atom is -0.334 e. The molecule has 0 saturated heterocycles. The minimum absolute atomic E-state index is 0.0295. The Hall–Kier alpha value is -7.18. The number of hydrogen-bond acceptors (Lipinski definition) is 4. The predicted octanol–water partition coefficient (Wildman–Crippen LogP) is 17.3. The van der Waals surface area contributed by atoms with Crippen molar-refractivity contribution < 1.29 is 0 Å². The molecular formula is C68H59BN2S2. The summed E-state index contributed by atoms with van der Waals surface area (Å²) in [4.78, 5) is 5.36. The molecule has 0 spiro atoms. The molecule has 0 fully saturated rings. The molecule has 8 aromatic carbocycles. The van der Waals surface area contributed by atoms with Gasteiger partial charge in [-0.1, -0.05) is 163 Å². The highest BCUT2D eigenvalue weighted by atomic mass is 32.1. The van der Waals surface area contributed by atoms with Crippen LogP contribution in [0.1, 0.15) is 65.2 Å². The van der Waals surface area contributed by atoms with Gasteiger partial charge in [-0.15, -0.1) is 22.7 Å². The Morgan fingerprint density at radius 1 is 0.507 bits per heavy atom. The minimum atomic E-state index is -0.384. The maximum atomic E-state index is 2.74. The van der Waals surface area contributed by atoms with Gasteiger partial charge in [0.15, 0.2) is 0 Å². The van der Waals surface area contributed by atoms with Gasteiger partial charge < -0.3 is 9.80 Å². The lowest BCUT2D eigenvalue weighted by atomic mass is 9.33. The largest absolute Gasteiger partial charge is 0.334 e. The van der Waals surface area contributed by atoms with Gasteiger partial charge in [-0.25, -0.2) is 0 Å². The molecular weight excluding hydrogens is 920 g/mol. The molecule has 5 heteroatoms. The summed E-state index contributed by atoms with van der Waals surface area (Å²) < 4.78 is 2.63.